The standard InChI is InChI=1S/C12H19BrOS/c1-4-9(5-2)7-10(14)11-6-8(3)12(13)15-11/h6,9-10,14H,4-5,7H2,1-3H3. The molecule has 0 aliphatic carbocycles. The van der Waals surface area contributed by atoms with Crippen molar-refractivity contribution in [1.82, 2.24) is 0 Å². The topological polar surface area (TPSA) is 20.2 Å². The van der Waals surface area contributed by atoms with E-state index in [9.17, 15) is 5.11 Å². The lowest BCUT2D eigenvalue weighted by Gasteiger charge is -2.16. The molecule has 1 aromatic heterocycles. The molecule has 1 nitrogen and oxygen atoms in total. The van der Waals surface area contributed by atoms with Crippen molar-refractivity contribution >= 4 is 27.3 Å². The lowest BCUT2D eigenvalue weighted by atomic mass is 9.95. The average Bonchev–Trinajstić information content (AvgIpc) is 2.55. The highest BCUT2D eigenvalue weighted by atomic mass is 79.9. The van der Waals surface area contributed by atoms with E-state index in [1.54, 1.807) is 11.3 Å². The number of thiophene rings is 1. The van der Waals surface area contributed by atoms with Crippen molar-refractivity contribution in [3.8, 4) is 0 Å². The number of rotatable bonds is 5. The van der Waals surface area contributed by atoms with Gasteiger partial charge in [0.25, 0.3) is 0 Å². The van der Waals surface area contributed by atoms with E-state index < -0.39 is 0 Å². The Bertz CT molecular complexity index is 285. The maximum atomic E-state index is 10.1. The third kappa shape index (κ3) is 3.58. The van der Waals surface area contributed by atoms with Crippen LogP contribution in [0, 0.1) is 12.8 Å². The van der Waals surface area contributed by atoms with Crippen LogP contribution in [0.2, 0.25) is 0 Å². The van der Waals surface area contributed by atoms with Crippen LogP contribution in [0.25, 0.3) is 0 Å². The van der Waals surface area contributed by atoms with Crippen LogP contribution in [0.5, 0.6) is 0 Å². The molecule has 1 aromatic rings. The first kappa shape index (κ1) is 13.2. The van der Waals surface area contributed by atoms with Crippen molar-refractivity contribution in [2.24, 2.45) is 5.92 Å². The predicted octanol–water partition coefficient (Wildman–Crippen LogP) is 4.68. The summed E-state index contributed by atoms with van der Waals surface area (Å²) in [7, 11) is 0. The molecule has 0 aliphatic heterocycles. The normalized spacial score (nSPS) is 13.5. The second-order valence-corrected chi connectivity index (χ2v) is 6.44. The molecule has 1 heterocycles. The monoisotopic (exact) mass is 290 g/mol. The van der Waals surface area contributed by atoms with Gasteiger partial charge in [-0.2, -0.15) is 0 Å². The van der Waals surface area contributed by atoms with Gasteiger partial charge in [-0.1, -0.05) is 26.7 Å². The summed E-state index contributed by atoms with van der Waals surface area (Å²) in [6, 6.07) is 2.09. The summed E-state index contributed by atoms with van der Waals surface area (Å²) in [5.41, 5.74) is 1.22. The molecule has 0 amide bonds. The van der Waals surface area contributed by atoms with Gasteiger partial charge in [0.15, 0.2) is 0 Å². The molecule has 0 fully saturated rings. The van der Waals surface area contributed by atoms with Crippen LogP contribution in [0.3, 0.4) is 0 Å². The molecule has 1 N–H and O–H groups in total. The van der Waals surface area contributed by atoms with Gasteiger partial charge in [-0.3, -0.25) is 0 Å². The van der Waals surface area contributed by atoms with E-state index in [1.807, 2.05) is 0 Å². The van der Waals surface area contributed by atoms with Crippen molar-refractivity contribution in [3.63, 3.8) is 0 Å². The van der Waals surface area contributed by atoms with Gasteiger partial charge >= 0.3 is 0 Å². The van der Waals surface area contributed by atoms with Crippen LogP contribution < -0.4 is 0 Å². The van der Waals surface area contributed by atoms with E-state index in [0.717, 1.165) is 27.9 Å². The molecule has 0 saturated heterocycles. The highest BCUT2D eigenvalue weighted by molar-refractivity contribution is 9.11. The van der Waals surface area contributed by atoms with Gasteiger partial charge < -0.3 is 5.11 Å². The van der Waals surface area contributed by atoms with E-state index in [0.29, 0.717) is 5.92 Å². The Balaban J connectivity index is 2.64. The fraction of sp³-hybridized carbons (Fsp3) is 0.667. The summed E-state index contributed by atoms with van der Waals surface area (Å²) in [5.74, 6) is 0.640. The third-order valence-corrected chi connectivity index (χ3v) is 5.15. The van der Waals surface area contributed by atoms with Gasteiger partial charge in [0.1, 0.15) is 0 Å². The maximum absolute atomic E-state index is 10.1. The second kappa shape index (κ2) is 6.02. The van der Waals surface area contributed by atoms with Crippen molar-refractivity contribution in [1.29, 1.82) is 0 Å². The maximum Gasteiger partial charge on any atom is 0.0885 e. The van der Waals surface area contributed by atoms with Crippen LogP contribution >= 0.6 is 27.3 Å². The minimum Gasteiger partial charge on any atom is -0.388 e. The molecule has 0 radical (unpaired) electrons. The molecule has 15 heavy (non-hydrogen) atoms. The number of hydrogen-bond donors (Lipinski definition) is 1. The summed E-state index contributed by atoms with van der Waals surface area (Å²) in [6.07, 6.45) is 2.90. The summed E-state index contributed by atoms with van der Waals surface area (Å²) in [4.78, 5) is 1.09. The average molecular weight is 291 g/mol. The van der Waals surface area contributed by atoms with E-state index in [2.05, 4.69) is 42.8 Å². The van der Waals surface area contributed by atoms with E-state index in [4.69, 9.17) is 0 Å². The summed E-state index contributed by atoms with van der Waals surface area (Å²) < 4.78 is 1.14. The highest BCUT2D eigenvalue weighted by Crippen LogP contribution is 2.34. The molecular formula is C12H19BrOS. The van der Waals surface area contributed by atoms with E-state index in [1.165, 1.54) is 5.56 Å². The number of hydrogen-bond acceptors (Lipinski definition) is 2. The molecule has 86 valence electrons. The number of aliphatic hydroxyl groups excluding tert-OH is 1. The molecule has 1 atom stereocenters. The van der Waals surface area contributed by atoms with Crippen molar-refractivity contribution in [3.05, 3.63) is 20.3 Å². The van der Waals surface area contributed by atoms with Crippen LogP contribution in [0.1, 0.15) is 49.7 Å². The number of halogens is 1. The van der Waals surface area contributed by atoms with Gasteiger partial charge in [-0.15, -0.1) is 11.3 Å². The molecule has 3 heteroatoms. The summed E-state index contributed by atoms with van der Waals surface area (Å²) in [6.45, 7) is 6.45. The molecule has 0 spiro atoms. The van der Waals surface area contributed by atoms with Gasteiger partial charge in [-0.25, -0.2) is 0 Å². The molecule has 0 bridgehead atoms. The van der Waals surface area contributed by atoms with Crippen LogP contribution in [0.4, 0.5) is 0 Å². The first-order chi connectivity index (χ1) is 7.08. The number of aliphatic hydroxyl groups is 1. The highest BCUT2D eigenvalue weighted by Gasteiger charge is 2.16. The Morgan fingerprint density at radius 3 is 2.40 bits per heavy atom. The minimum atomic E-state index is -0.287. The lowest BCUT2D eigenvalue weighted by Crippen LogP contribution is -2.04. The van der Waals surface area contributed by atoms with Gasteiger partial charge in [0.2, 0.25) is 0 Å². The third-order valence-electron chi connectivity index (χ3n) is 2.92. The van der Waals surface area contributed by atoms with Gasteiger partial charge in [-0.05, 0) is 46.8 Å². The van der Waals surface area contributed by atoms with Gasteiger partial charge in [0.05, 0.1) is 9.89 Å². The predicted molar refractivity (Wildman–Crippen MR) is 70.4 cm³/mol. The number of aryl methyl sites for hydroxylation is 1. The molecule has 1 unspecified atom stereocenters. The van der Waals surface area contributed by atoms with Gasteiger partial charge in [0, 0.05) is 4.88 Å². The lowest BCUT2D eigenvalue weighted by molar-refractivity contribution is 0.144. The first-order valence-corrected chi connectivity index (χ1v) is 7.13. The molecule has 1 rings (SSSR count). The minimum absolute atomic E-state index is 0.287. The largest absolute Gasteiger partial charge is 0.388 e. The quantitative estimate of drug-likeness (QED) is 0.835. The van der Waals surface area contributed by atoms with E-state index in [-0.39, 0.29) is 6.10 Å². The molecule has 0 saturated carbocycles. The summed E-state index contributed by atoms with van der Waals surface area (Å²) in [5, 5.41) is 10.1. The zero-order valence-electron chi connectivity index (χ0n) is 9.59. The van der Waals surface area contributed by atoms with Crippen LogP contribution in [-0.2, 0) is 0 Å². The fourth-order valence-corrected chi connectivity index (χ4v) is 3.27. The SMILES string of the molecule is CCC(CC)CC(O)c1cc(C)c(Br)s1. The first-order valence-electron chi connectivity index (χ1n) is 5.52. The Labute approximate surface area is 105 Å². The zero-order valence-corrected chi connectivity index (χ0v) is 12.0. The Morgan fingerprint density at radius 1 is 1.40 bits per heavy atom. The Kier molecular flexibility index (Phi) is 5.30. The fourth-order valence-electron chi connectivity index (χ4n) is 1.70. The second-order valence-electron chi connectivity index (χ2n) is 4.04. The van der Waals surface area contributed by atoms with E-state index >= 15 is 0 Å². The van der Waals surface area contributed by atoms with Crippen molar-refractivity contribution in [2.45, 2.75) is 46.1 Å². The molecular weight excluding hydrogens is 272 g/mol. The van der Waals surface area contributed by atoms with Crippen molar-refractivity contribution < 1.29 is 5.11 Å². The Hall–Kier alpha value is 0.140. The molecule has 0 aliphatic rings. The molecule has 0 aromatic carbocycles. The van der Waals surface area contributed by atoms with Crippen LogP contribution in [0.15, 0.2) is 9.85 Å². The zero-order chi connectivity index (χ0) is 11.4. The summed E-state index contributed by atoms with van der Waals surface area (Å²) >= 11 is 5.14. The van der Waals surface area contributed by atoms with Crippen molar-refractivity contribution in [2.75, 3.05) is 0 Å². The van der Waals surface area contributed by atoms with Crippen LogP contribution in [-0.4, -0.2) is 5.11 Å². The smallest absolute Gasteiger partial charge is 0.0885 e. The Morgan fingerprint density at radius 2 is 2.00 bits per heavy atom.